The molecular weight excluding hydrogens is 254 g/mol. The number of carbonyl (C=O) groups excluding carboxylic acids is 1. The third-order valence-corrected chi connectivity index (χ3v) is 4.26. The average Bonchev–Trinajstić information content (AvgIpc) is 3.17. The molecule has 3 rings (SSSR count). The topological polar surface area (TPSA) is 63.1 Å². The van der Waals surface area contributed by atoms with Gasteiger partial charge in [0.05, 0.1) is 6.54 Å². The molecular formula is C14H23N5O. The van der Waals surface area contributed by atoms with Gasteiger partial charge < -0.3 is 10.2 Å². The number of hydrogen-bond acceptors (Lipinski definition) is 4. The van der Waals surface area contributed by atoms with Gasteiger partial charge in [-0.05, 0) is 38.1 Å². The summed E-state index contributed by atoms with van der Waals surface area (Å²) in [7, 11) is 0. The Bertz CT molecular complexity index is 421. The number of hydrogen-bond donors (Lipinski definition) is 1. The second kappa shape index (κ2) is 6.35. The Morgan fingerprint density at radius 3 is 2.70 bits per heavy atom. The summed E-state index contributed by atoms with van der Waals surface area (Å²) >= 11 is 0. The normalized spacial score (nSPS) is 20.3. The van der Waals surface area contributed by atoms with Crippen LogP contribution in [0.3, 0.4) is 0 Å². The van der Waals surface area contributed by atoms with Gasteiger partial charge in [0.1, 0.15) is 12.7 Å². The Hall–Kier alpha value is -1.43. The van der Waals surface area contributed by atoms with Gasteiger partial charge in [0.15, 0.2) is 0 Å². The van der Waals surface area contributed by atoms with Crippen LogP contribution < -0.4 is 5.32 Å². The van der Waals surface area contributed by atoms with Crippen molar-refractivity contribution in [3.05, 3.63) is 12.7 Å². The smallest absolute Gasteiger partial charge is 0.224 e. The minimum absolute atomic E-state index is 0.237. The summed E-state index contributed by atoms with van der Waals surface area (Å²) in [5.41, 5.74) is 0. The minimum atomic E-state index is 0.237. The van der Waals surface area contributed by atoms with Gasteiger partial charge in [-0.25, -0.2) is 4.98 Å². The van der Waals surface area contributed by atoms with E-state index in [9.17, 15) is 4.79 Å². The summed E-state index contributed by atoms with van der Waals surface area (Å²) in [6.45, 7) is 3.57. The van der Waals surface area contributed by atoms with Crippen LogP contribution in [0, 0.1) is 5.92 Å². The Balaban J connectivity index is 1.35. The van der Waals surface area contributed by atoms with Gasteiger partial charge >= 0.3 is 0 Å². The first-order chi connectivity index (χ1) is 9.81. The first-order valence-corrected chi connectivity index (χ1v) is 7.65. The van der Waals surface area contributed by atoms with Crippen molar-refractivity contribution in [2.75, 3.05) is 19.6 Å². The van der Waals surface area contributed by atoms with Crippen LogP contribution in [0.15, 0.2) is 12.7 Å². The molecule has 2 heterocycles. The molecule has 1 aromatic heterocycles. The molecule has 1 N–H and O–H groups in total. The molecule has 6 nitrogen and oxygen atoms in total. The van der Waals surface area contributed by atoms with Crippen molar-refractivity contribution in [1.82, 2.24) is 25.0 Å². The minimum Gasteiger partial charge on any atom is -0.343 e. The van der Waals surface area contributed by atoms with Crippen molar-refractivity contribution < 1.29 is 4.79 Å². The molecule has 1 aliphatic carbocycles. The Morgan fingerprint density at radius 2 is 2.05 bits per heavy atom. The van der Waals surface area contributed by atoms with Crippen molar-refractivity contribution in [1.29, 1.82) is 0 Å². The predicted molar refractivity (Wildman–Crippen MR) is 75.0 cm³/mol. The van der Waals surface area contributed by atoms with Crippen molar-refractivity contribution >= 4 is 5.91 Å². The van der Waals surface area contributed by atoms with Crippen LogP contribution in [0.5, 0.6) is 0 Å². The maximum Gasteiger partial charge on any atom is 0.224 e. The summed E-state index contributed by atoms with van der Waals surface area (Å²) in [5.74, 6) is 1.17. The highest BCUT2D eigenvalue weighted by atomic mass is 16.2. The highest BCUT2D eigenvalue weighted by molar-refractivity contribution is 5.76. The van der Waals surface area contributed by atoms with E-state index in [-0.39, 0.29) is 5.91 Å². The molecule has 20 heavy (non-hydrogen) atoms. The Kier molecular flexibility index (Phi) is 4.30. The lowest BCUT2D eigenvalue weighted by molar-refractivity contribution is -0.132. The van der Waals surface area contributed by atoms with Gasteiger partial charge in [-0.1, -0.05) is 0 Å². The lowest BCUT2D eigenvalue weighted by Crippen LogP contribution is -2.45. The third kappa shape index (κ3) is 3.79. The summed E-state index contributed by atoms with van der Waals surface area (Å²) in [4.78, 5) is 18.0. The molecule has 2 aliphatic rings. The maximum absolute atomic E-state index is 12.1. The quantitative estimate of drug-likeness (QED) is 0.829. The van der Waals surface area contributed by atoms with Crippen molar-refractivity contribution in [3.63, 3.8) is 0 Å². The molecule has 0 spiro atoms. The molecule has 110 valence electrons. The second-order valence-electron chi connectivity index (χ2n) is 5.92. The monoisotopic (exact) mass is 277 g/mol. The van der Waals surface area contributed by atoms with Gasteiger partial charge in [-0.15, -0.1) is 0 Å². The van der Waals surface area contributed by atoms with Crippen molar-refractivity contribution in [2.45, 2.75) is 44.7 Å². The zero-order chi connectivity index (χ0) is 13.8. The first-order valence-electron chi connectivity index (χ1n) is 7.65. The molecule has 1 amide bonds. The van der Waals surface area contributed by atoms with Crippen LogP contribution in [-0.2, 0) is 11.3 Å². The molecule has 6 heteroatoms. The first kappa shape index (κ1) is 13.5. The molecule has 1 saturated heterocycles. The van der Waals surface area contributed by atoms with Crippen molar-refractivity contribution in [3.8, 4) is 0 Å². The number of rotatable bonds is 6. The van der Waals surface area contributed by atoms with Crippen LogP contribution in [0.1, 0.15) is 32.1 Å². The van der Waals surface area contributed by atoms with Crippen LogP contribution in [0.2, 0.25) is 0 Å². The number of nitrogens with one attached hydrogen (secondary N) is 1. The van der Waals surface area contributed by atoms with E-state index < -0.39 is 0 Å². The van der Waals surface area contributed by atoms with E-state index in [1.807, 2.05) is 4.90 Å². The van der Waals surface area contributed by atoms with Crippen LogP contribution in [-0.4, -0.2) is 51.2 Å². The number of amides is 1. The van der Waals surface area contributed by atoms with E-state index in [0.29, 0.717) is 19.0 Å². The van der Waals surface area contributed by atoms with Gasteiger partial charge in [-0.2, -0.15) is 5.10 Å². The highest BCUT2D eigenvalue weighted by Gasteiger charge is 2.25. The van der Waals surface area contributed by atoms with Gasteiger partial charge in [0.2, 0.25) is 5.91 Å². The second-order valence-corrected chi connectivity index (χ2v) is 5.92. The number of likely N-dealkylation sites (tertiary alicyclic amines) is 1. The van der Waals surface area contributed by atoms with E-state index >= 15 is 0 Å². The average molecular weight is 277 g/mol. The molecule has 1 saturated carbocycles. The highest BCUT2D eigenvalue weighted by Crippen LogP contribution is 2.28. The lowest BCUT2D eigenvalue weighted by Gasteiger charge is -2.32. The zero-order valence-electron chi connectivity index (χ0n) is 11.9. The molecule has 0 bridgehead atoms. The lowest BCUT2D eigenvalue weighted by atomic mass is 10.0. The Labute approximate surface area is 119 Å². The fourth-order valence-electron chi connectivity index (χ4n) is 2.70. The number of carbonyl (C=O) groups is 1. The number of piperidine rings is 1. The number of aryl methyl sites for hydroxylation is 1. The zero-order valence-corrected chi connectivity index (χ0v) is 11.9. The summed E-state index contributed by atoms with van der Waals surface area (Å²) < 4.78 is 1.71. The van der Waals surface area contributed by atoms with E-state index in [1.165, 1.54) is 25.7 Å². The summed E-state index contributed by atoms with van der Waals surface area (Å²) in [6, 6.07) is 0.606. The van der Waals surface area contributed by atoms with Gasteiger partial charge in [-0.3, -0.25) is 9.48 Å². The van der Waals surface area contributed by atoms with Crippen LogP contribution in [0.4, 0.5) is 0 Å². The van der Waals surface area contributed by atoms with E-state index in [4.69, 9.17) is 0 Å². The van der Waals surface area contributed by atoms with Gasteiger partial charge in [0.25, 0.3) is 0 Å². The maximum atomic E-state index is 12.1. The fraction of sp³-hybridized carbons (Fsp3) is 0.786. The Morgan fingerprint density at radius 1 is 1.25 bits per heavy atom. The van der Waals surface area contributed by atoms with E-state index in [0.717, 1.165) is 31.8 Å². The molecule has 0 atom stereocenters. The SMILES string of the molecule is O=C(CCn1cncn1)N1CCC(NCC2CC2)CC1. The molecule has 0 radical (unpaired) electrons. The molecule has 1 aromatic rings. The standard InChI is InChI=1S/C14H23N5O/c20-14(5-8-19-11-15-10-17-19)18-6-3-13(4-7-18)16-9-12-1-2-12/h10-13,16H,1-9H2. The van der Waals surface area contributed by atoms with Crippen molar-refractivity contribution in [2.24, 2.45) is 5.92 Å². The summed E-state index contributed by atoms with van der Waals surface area (Å²) in [5, 5.41) is 7.65. The van der Waals surface area contributed by atoms with E-state index in [1.54, 1.807) is 11.0 Å². The van der Waals surface area contributed by atoms with Gasteiger partial charge in [0, 0.05) is 25.6 Å². The molecule has 2 fully saturated rings. The van der Waals surface area contributed by atoms with E-state index in [2.05, 4.69) is 15.4 Å². The number of nitrogens with zero attached hydrogens (tertiary/aromatic N) is 4. The largest absolute Gasteiger partial charge is 0.343 e. The fourth-order valence-corrected chi connectivity index (χ4v) is 2.70. The number of aromatic nitrogens is 3. The third-order valence-electron chi connectivity index (χ3n) is 4.26. The van der Waals surface area contributed by atoms with Crippen LogP contribution in [0.25, 0.3) is 0 Å². The predicted octanol–water partition coefficient (Wildman–Crippen LogP) is 0.659. The van der Waals surface area contributed by atoms with Crippen LogP contribution >= 0.6 is 0 Å². The molecule has 1 aliphatic heterocycles. The molecule has 0 aromatic carbocycles. The molecule has 0 unspecified atom stereocenters. The summed E-state index contributed by atoms with van der Waals surface area (Å²) in [6.07, 6.45) is 8.63.